The smallest absolute Gasteiger partial charge is 0.261 e. The molecule has 0 N–H and O–H groups in total. The number of nitrogens with zero attached hydrogens (tertiary/aromatic N) is 3. The van der Waals surface area contributed by atoms with Crippen LogP contribution in [0.2, 0.25) is 5.15 Å². The van der Waals surface area contributed by atoms with Crippen molar-refractivity contribution in [3.63, 3.8) is 0 Å². The van der Waals surface area contributed by atoms with E-state index in [-0.39, 0.29) is 10.7 Å². The fourth-order valence-electron chi connectivity index (χ4n) is 1.35. The Morgan fingerprint density at radius 1 is 1.31 bits per heavy atom. The molecule has 16 heavy (non-hydrogen) atoms. The van der Waals surface area contributed by atoms with Crippen molar-refractivity contribution in [1.82, 2.24) is 14.8 Å². The maximum absolute atomic E-state index is 11.7. The normalized spacial score (nSPS) is 9.81. The Bertz CT molecular complexity index is 563. The number of fused-ring (bicyclic) bond motifs is 1. The number of rotatable bonds is 0. The molecule has 2 aromatic heterocycles. The lowest BCUT2D eigenvalue weighted by Crippen LogP contribution is -2.17. The Morgan fingerprint density at radius 2 is 1.94 bits per heavy atom. The van der Waals surface area contributed by atoms with Gasteiger partial charge >= 0.3 is 0 Å². The Balaban J connectivity index is 0.000000606. The molecule has 0 aliphatic heterocycles. The molecule has 0 bridgehead atoms. The largest absolute Gasteiger partial charge is 0.318 e. The average molecular weight is 240 g/mol. The highest BCUT2D eigenvalue weighted by Gasteiger charge is 2.08. The van der Waals surface area contributed by atoms with Gasteiger partial charge in [-0.1, -0.05) is 25.4 Å². The summed E-state index contributed by atoms with van der Waals surface area (Å²) >= 11 is 5.82. The van der Waals surface area contributed by atoms with Crippen LogP contribution in [0.1, 0.15) is 19.5 Å². The molecular formula is C11H14ClN3O. The number of hydrogen-bond donors (Lipinski definition) is 0. The van der Waals surface area contributed by atoms with Gasteiger partial charge in [0.05, 0.1) is 11.1 Å². The topological polar surface area (TPSA) is 47.8 Å². The summed E-state index contributed by atoms with van der Waals surface area (Å²) in [6.07, 6.45) is 1.69. The van der Waals surface area contributed by atoms with E-state index in [0.717, 1.165) is 5.39 Å². The Morgan fingerprint density at radius 3 is 2.56 bits per heavy atom. The minimum absolute atomic E-state index is 0.148. The van der Waals surface area contributed by atoms with E-state index in [2.05, 4.69) is 10.2 Å². The van der Waals surface area contributed by atoms with Crippen LogP contribution in [0, 0.1) is 6.92 Å². The van der Waals surface area contributed by atoms with Crippen molar-refractivity contribution < 1.29 is 0 Å². The van der Waals surface area contributed by atoms with Crippen molar-refractivity contribution in [2.45, 2.75) is 20.8 Å². The fraction of sp³-hybridized carbons (Fsp3) is 0.364. The summed E-state index contributed by atoms with van der Waals surface area (Å²) in [6, 6.07) is 1.81. The predicted octanol–water partition coefficient (Wildman–Crippen LogP) is 2.32. The van der Waals surface area contributed by atoms with Crippen molar-refractivity contribution in [2.75, 3.05) is 0 Å². The summed E-state index contributed by atoms with van der Waals surface area (Å²) in [7, 11) is 1.67. The lowest BCUT2D eigenvalue weighted by Gasteiger charge is -2.03. The van der Waals surface area contributed by atoms with Crippen molar-refractivity contribution in [1.29, 1.82) is 0 Å². The lowest BCUT2D eigenvalue weighted by molar-refractivity contribution is 0.868. The Kier molecular flexibility index (Phi) is 4.01. The van der Waals surface area contributed by atoms with Gasteiger partial charge in [-0.15, -0.1) is 5.10 Å². The molecule has 2 rings (SSSR count). The van der Waals surface area contributed by atoms with Crippen molar-refractivity contribution in [3.05, 3.63) is 33.5 Å². The highest BCUT2D eigenvalue weighted by atomic mass is 35.5. The van der Waals surface area contributed by atoms with E-state index < -0.39 is 0 Å². The number of aromatic nitrogens is 3. The maximum Gasteiger partial charge on any atom is 0.261 e. The molecular weight excluding hydrogens is 226 g/mol. The van der Waals surface area contributed by atoms with Gasteiger partial charge in [-0.2, -0.15) is 5.10 Å². The second-order valence-electron chi connectivity index (χ2n) is 3.10. The Hall–Kier alpha value is -1.42. The standard InChI is InChI=1S/C9H8ClN3O.C2H6/c1-5-6-3-4-13(2)9(14)7(6)8(10)12-11-5;1-2/h3-4H,1-2H3;1-2H3. The molecule has 0 atom stereocenters. The quantitative estimate of drug-likeness (QED) is 0.709. The zero-order chi connectivity index (χ0) is 12.3. The predicted molar refractivity (Wildman–Crippen MR) is 65.9 cm³/mol. The first kappa shape index (κ1) is 12.6. The van der Waals surface area contributed by atoms with E-state index in [1.807, 2.05) is 19.9 Å². The minimum atomic E-state index is -0.148. The van der Waals surface area contributed by atoms with Crippen LogP contribution in [-0.2, 0) is 7.05 Å². The second kappa shape index (κ2) is 5.07. The summed E-state index contributed by atoms with van der Waals surface area (Å²) in [5, 5.41) is 8.91. The third kappa shape index (κ3) is 2.07. The van der Waals surface area contributed by atoms with Crippen molar-refractivity contribution >= 4 is 22.4 Å². The zero-order valence-corrected chi connectivity index (χ0v) is 10.5. The molecule has 0 unspecified atom stereocenters. The van der Waals surface area contributed by atoms with Crippen LogP contribution >= 0.6 is 11.6 Å². The molecule has 2 aromatic rings. The average Bonchev–Trinajstić information content (AvgIpc) is 2.30. The van der Waals surface area contributed by atoms with Crippen LogP contribution in [0.3, 0.4) is 0 Å². The molecule has 0 saturated heterocycles. The van der Waals surface area contributed by atoms with E-state index >= 15 is 0 Å². The molecule has 5 heteroatoms. The molecule has 4 nitrogen and oxygen atoms in total. The van der Waals surface area contributed by atoms with Gasteiger partial charge < -0.3 is 4.57 Å². The molecule has 0 radical (unpaired) electrons. The van der Waals surface area contributed by atoms with Crippen molar-refractivity contribution in [3.8, 4) is 0 Å². The monoisotopic (exact) mass is 239 g/mol. The molecule has 0 fully saturated rings. The summed E-state index contributed by atoms with van der Waals surface area (Å²) < 4.78 is 1.47. The molecule has 2 heterocycles. The van der Waals surface area contributed by atoms with Crippen LogP contribution in [0.15, 0.2) is 17.1 Å². The van der Waals surface area contributed by atoms with E-state index in [4.69, 9.17) is 11.6 Å². The Labute approximate surface area is 98.9 Å². The third-order valence-electron chi connectivity index (χ3n) is 2.15. The SMILES string of the molecule is CC.Cc1nnc(Cl)c2c(=O)n(C)ccc12. The number of pyridine rings is 1. The van der Waals surface area contributed by atoms with Gasteiger partial charge in [-0.05, 0) is 13.0 Å². The van der Waals surface area contributed by atoms with E-state index in [0.29, 0.717) is 11.1 Å². The molecule has 0 amide bonds. The van der Waals surface area contributed by atoms with Gasteiger partial charge in [0.15, 0.2) is 5.15 Å². The third-order valence-corrected chi connectivity index (χ3v) is 2.42. The summed E-state index contributed by atoms with van der Waals surface area (Å²) in [4.78, 5) is 11.7. The van der Waals surface area contributed by atoms with Crippen molar-refractivity contribution in [2.24, 2.45) is 7.05 Å². The van der Waals surface area contributed by atoms with Crippen LogP contribution < -0.4 is 5.56 Å². The number of hydrogen-bond acceptors (Lipinski definition) is 3. The van der Waals surface area contributed by atoms with Gasteiger partial charge in [0.1, 0.15) is 0 Å². The second-order valence-corrected chi connectivity index (χ2v) is 3.45. The van der Waals surface area contributed by atoms with E-state index in [1.165, 1.54) is 4.57 Å². The first-order chi connectivity index (χ1) is 7.61. The molecule has 0 aliphatic carbocycles. The summed E-state index contributed by atoms with van der Waals surface area (Å²) in [6.45, 7) is 5.80. The summed E-state index contributed by atoms with van der Waals surface area (Å²) in [5.41, 5.74) is 0.563. The van der Waals surface area contributed by atoms with Crippen LogP contribution in [0.5, 0.6) is 0 Å². The van der Waals surface area contributed by atoms with Gasteiger partial charge in [-0.3, -0.25) is 4.79 Å². The van der Waals surface area contributed by atoms with E-state index in [9.17, 15) is 4.79 Å². The number of halogens is 1. The zero-order valence-electron chi connectivity index (χ0n) is 9.78. The van der Waals surface area contributed by atoms with Gasteiger partial charge in [0.2, 0.25) is 0 Å². The molecule has 0 spiro atoms. The molecule has 0 saturated carbocycles. The highest BCUT2D eigenvalue weighted by Crippen LogP contribution is 2.18. The molecule has 0 aromatic carbocycles. The number of aryl methyl sites for hydroxylation is 2. The van der Waals surface area contributed by atoms with Crippen LogP contribution in [-0.4, -0.2) is 14.8 Å². The van der Waals surface area contributed by atoms with Crippen LogP contribution in [0.25, 0.3) is 10.8 Å². The first-order valence-corrected chi connectivity index (χ1v) is 5.47. The molecule has 0 aliphatic rings. The van der Waals surface area contributed by atoms with Gasteiger partial charge in [-0.25, -0.2) is 0 Å². The fourth-order valence-corrected chi connectivity index (χ4v) is 1.57. The lowest BCUT2D eigenvalue weighted by atomic mass is 10.2. The van der Waals surface area contributed by atoms with Gasteiger partial charge in [0.25, 0.3) is 5.56 Å². The van der Waals surface area contributed by atoms with Gasteiger partial charge in [0, 0.05) is 18.6 Å². The van der Waals surface area contributed by atoms with Crippen LogP contribution in [0.4, 0.5) is 0 Å². The summed E-state index contributed by atoms with van der Waals surface area (Å²) in [5.74, 6) is 0. The maximum atomic E-state index is 11.7. The first-order valence-electron chi connectivity index (χ1n) is 5.09. The van der Waals surface area contributed by atoms with E-state index in [1.54, 1.807) is 20.2 Å². The highest BCUT2D eigenvalue weighted by molar-refractivity contribution is 6.34. The molecule has 86 valence electrons. The minimum Gasteiger partial charge on any atom is -0.318 e.